The molecule has 0 spiro atoms. The molecule has 0 bridgehead atoms. The minimum absolute atomic E-state index is 0.189. The Morgan fingerprint density at radius 1 is 1.47 bits per heavy atom. The molecule has 1 rings (SSSR count). The summed E-state index contributed by atoms with van der Waals surface area (Å²) in [6, 6.07) is 4.03. The molecule has 2 nitrogen and oxygen atoms in total. The van der Waals surface area contributed by atoms with Gasteiger partial charge in [-0.1, -0.05) is 19.9 Å². The van der Waals surface area contributed by atoms with Crippen LogP contribution in [0.3, 0.4) is 0 Å². The van der Waals surface area contributed by atoms with Gasteiger partial charge in [0.2, 0.25) is 0 Å². The molecular weight excluding hydrogens is 208 g/mol. The second kappa shape index (κ2) is 6.09. The van der Waals surface area contributed by atoms with Crippen LogP contribution in [0.2, 0.25) is 0 Å². The molecule has 84 valence electrons. The van der Waals surface area contributed by atoms with E-state index in [2.05, 4.69) is 37.1 Å². The van der Waals surface area contributed by atoms with Crippen LogP contribution >= 0.6 is 11.6 Å². The van der Waals surface area contributed by atoms with E-state index in [0.29, 0.717) is 5.92 Å². The first-order valence-electron chi connectivity index (χ1n) is 5.36. The highest BCUT2D eigenvalue weighted by Gasteiger charge is 2.08. The number of aromatic nitrogens is 1. The molecule has 0 saturated carbocycles. The lowest BCUT2D eigenvalue weighted by Crippen LogP contribution is -2.26. The Bertz CT molecular complexity index is 299. The van der Waals surface area contributed by atoms with Crippen molar-refractivity contribution in [2.45, 2.75) is 32.7 Å². The summed E-state index contributed by atoms with van der Waals surface area (Å²) >= 11 is 6.14. The normalized spacial score (nSPS) is 13.1. The molecule has 1 N–H and O–H groups in total. The van der Waals surface area contributed by atoms with Gasteiger partial charge in [0.15, 0.2) is 0 Å². The summed E-state index contributed by atoms with van der Waals surface area (Å²) in [6.07, 6.45) is 1.82. The zero-order valence-electron chi connectivity index (χ0n) is 9.63. The molecule has 1 unspecified atom stereocenters. The molecule has 1 atom stereocenters. The fourth-order valence-electron chi connectivity index (χ4n) is 1.27. The first kappa shape index (κ1) is 12.5. The van der Waals surface area contributed by atoms with Gasteiger partial charge in [0.25, 0.3) is 0 Å². The Kier molecular flexibility index (Phi) is 5.06. The van der Waals surface area contributed by atoms with Crippen LogP contribution in [0, 0.1) is 12.8 Å². The van der Waals surface area contributed by atoms with Crippen LogP contribution in [0.15, 0.2) is 18.3 Å². The Morgan fingerprint density at radius 2 is 2.20 bits per heavy atom. The summed E-state index contributed by atoms with van der Waals surface area (Å²) in [5.74, 6) is 0.504. The molecule has 0 aliphatic rings. The summed E-state index contributed by atoms with van der Waals surface area (Å²) in [4.78, 5) is 4.31. The minimum atomic E-state index is 0.189. The summed E-state index contributed by atoms with van der Waals surface area (Å²) in [5, 5.41) is 3.52. The number of nitrogens with one attached hydrogen (secondary N) is 1. The number of aryl methyl sites for hydroxylation is 1. The molecule has 0 fully saturated rings. The molecule has 0 radical (unpaired) electrons. The topological polar surface area (TPSA) is 24.9 Å². The number of pyridine rings is 1. The van der Waals surface area contributed by atoms with Gasteiger partial charge < -0.3 is 5.32 Å². The fourth-order valence-corrected chi connectivity index (χ4v) is 1.38. The second-order valence-corrected chi connectivity index (χ2v) is 4.72. The van der Waals surface area contributed by atoms with Gasteiger partial charge in [0.1, 0.15) is 0 Å². The van der Waals surface area contributed by atoms with E-state index < -0.39 is 0 Å². The lowest BCUT2D eigenvalue weighted by Gasteiger charge is -2.14. The van der Waals surface area contributed by atoms with Crippen LogP contribution < -0.4 is 5.32 Å². The molecule has 15 heavy (non-hydrogen) atoms. The van der Waals surface area contributed by atoms with Gasteiger partial charge in [-0.25, -0.2) is 0 Å². The van der Waals surface area contributed by atoms with E-state index in [-0.39, 0.29) is 5.38 Å². The van der Waals surface area contributed by atoms with Crippen molar-refractivity contribution in [2.24, 2.45) is 5.92 Å². The molecule has 1 heterocycles. The summed E-state index contributed by atoms with van der Waals surface area (Å²) in [5.41, 5.74) is 2.32. The maximum Gasteiger partial charge on any atom is 0.0570 e. The zero-order valence-corrected chi connectivity index (χ0v) is 10.4. The summed E-state index contributed by atoms with van der Waals surface area (Å²) in [7, 11) is 0. The van der Waals surface area contributed by atoms with E-state index in [1.165, 1.54) is 5.56 Å². The maximum atomic E-state index is 6.14. The number of hydrogen-bond acceptors (Lipinski definition) is 2. The third-order valence-electron chi connectivity index (χ3n) is 2.47. The van der Waals surface area contributed by atoms with Crippen LogP contribution in [-0.2, 0) is 6.54 Å². The number of halogens is 1. The average molecular weight is 227 g/mol. The lowest BCUT2D eigenvalue weighted by molar-refractivity contribution is 0.542. The number of hydrogen-bond donors (Lipinski definition) is 1. The van der Waals surface area contributed by atoms with Gasteiger partial charge >= 0.3 is 0 Å². The van der Waals surface area contributed by atoms with Crippen LogP contribution in [-0.4, -0.2) is 16.9 Å². The van der Waals surface area contributed by atoms with Crippen molar-refractivity contribution < 1.29 is 0 Å². The van der Waals surface area contributed by atoms with Gasteiger partial charge in [0, 0.05) is 24.7 Å². The highest BCUT2D eigenvalue weighted by atomic mass is 35.5. The molecule has 0 amide bonds. The fraction of sp³-hybridized carbons (Fsp3) is 0.583. The van der Waals surface area contributed by atoms with Crippen molar-refractivity contribution in [3.63, 3.8) is 0 Å². The van der Waals surface area contributed by atoms with Crippen molar-refractivity contribution in [3.8, 4) is 0 Å². The monoisotopic (exact) mass is 226 g/mol. The van der Waals surface area contributed by atoms with Crippen molar-refractivity contribution >= 4 is 11.6 Å². The van der Waals surface area contributed by atoms with Gasteiger partial charge in [-0.05, 0) is 24.5 Å². The lowest BCUT2D eigenvalue weighted by atomic mass is 10.1. The summed E-state index contributed by atoms with van der Waals surface area (Å²) in [6.45, 7) is 7.96. The van der Waals surface area contributed by atoms with Gasteiger partial charge in [0.05, 0.1) is 5.69 Å². The predicted octanol–water partition coefficient (Wildman–Crippen LogP) is 2.74. The van der Waals surface area contributed by atoms with Crippen molar-refractivity contribution in [1.29, 1.82) is 0 Å². The van der Waals surface area contributed by atoms with Crippen molar-refractivity contribution in [2.75, 3.05) is 6.54 Å². The largest absolute Gasteiger partial charge is 0.310 e. The Labute approximate surface area is 97.1 Å². The molecule has 3 heteroatoms. The Hall–Kier alpha value is -0.600. The van der Waals surface area contributed by atoms with Crippen molar-refractivity contribution in [1.82, 2.24) is 10.3 Å². The molecular formula is C12H19ClN2. The van der Waals surface area contributed by atoms with Crippen LogP contribution in [0.5, 0.6) is 0 Å². The first-order chi connectivity index (χ1) is 7.11. The van der Waals surface area contributed by atoms with Crippen LogP contribution in [0.4, 0.5) is 0 Å². The zero-order chi connectivity index (χ0) is 11.3. The SMILES string of the molecule is Cc1cccnc1CNCC(Cl)C(C)C. The van der Waals surface area contributed by atoms with E-state index in [1.54, 1.807) is 0 Å². The number of alkyl halides is 1. The van der Waals surface area contributed by atoms with E-state index in [0.717, 1.165) is 18.8 Å². The van der Waals surface area contributed by atoms with Crippen molar-refractivity contribution in [3.05, 3.63) is 29.6 Å². The minimum Gasteiger partial charge on any atom is -0.310 e. The Balaban J connectivity index is 2.35. The van der Waals surface area contributed by atoms with E-state index in [9.17, 15) is 0 Å². The van der Waals surface area contributed by atoms with Gasteiger partial charge in [-0.2, -0.15) is 0 Å². The van der Waals surface area contributed by atoms with Crippen LogP contribution in [0.25, 0.3) is 0 Å². The summed E-state index contributed by atoms with van der Waals surface area (Å²) < 4.78 is 0. The Morgan fingerprint density at radius 3 is 2.80 bits per heavy atom. The number of nitrogens with zero attached hydrogens (tertiary/aromatic N) is 1. The third kappa shape index (κ3) is 4.18. The maximum absolute atomic E-state index is 6.14. The molecule has 0 aliphatic carbocycles. The third-order valence-corrected chi connectivity index (χ3v) is 3.13. The quantitative estimate of drug-likeness (QED) is 0.781. The van der Waals surface area contributed by atoms with Gasteiger partial charge in [-0.3, -0.25) is 4.98 Å². The second-order valence-electron chi connectivity index (χ2n) is 4.16. The van der Waals surface area contributed by atoms with E-state index in [1.807, 2.05) is 12.3 Å². The molecule has 0 aliphatic heterocycles. The highest BCUT2D eigenvalue weighted by molar-refractivity contribution is 6.20. The standard InChI is InChI=1S/C12H19ClN2/c1-9(2)11(13)7-14-8-12-10(3)5-4-6-15-12/h4-6,9,11,14H,7-8H2,1-3H3. The van der Waals surface area contributed by atoms with E-state index in [4.69, 9.17) is 11.6 Å². The smallest absolute Gasteiger partial charge is 0.0570 e. The van der Waals surface area contributed by atoms with Gasteiger partial charge in [-0.15, -0.1) is 11.6 Å². The molecule has 1 aromatic rings. The van der Waals surface area contributed by atoms with E-state index >= 15 is 0 Å². The first-order valence-corrected chi connectivity index (χ1v) is 5.80. The predicted molar refractivity (Wildman–Crippen MR) is 65.2 cm³/mol. The molecule has 0 aromatic carbocycles. The molecule has 0 saturated heterocycles. The molecule has 1 aromatic heterocycles. The average Bonchev–Trinajstić information content (AvgIpc) is 2.20. The van der Waals surface area contributed by atoms with Crippen LogP contribution in [0.1, 0.15) is 25.1 Å². The number of rotatable bonds is 5. The highest BCUT2D eigenvalue weighted by Crippen LogP contribution is 2.08.